The molecule has 1 aromatic heterocycles. The molecule has 0 spiro atoms. The molecule has 0 aliphatic carbocycles. The molecule has 13 heavy (non-hydrogen) atoms. The molecule has 0 aliphatic rings. The van der Waals surface area contributed by atoms with Crippen molar-refractivity contribution in [2.24, 2.45) is 0 Å². The monoisotopic (exact) mass is 262 g/mol. The quantitative estimate of drug-likeness (QED) is 0.666. The number of carbonyl (C=O) groups is 2. The van der Waals surface area contributed by atoms with Crippen molar-refractivity contribution in [3.8, 4) is 0 Å². The molecule has 1 heterocycles. The maximum Gasteiger partial charge on any atom is 0.223 e. The lowest BCUT2D eigenvalue weighted by atomic mass is 10.4. The first-order valence-corrected chi connectivity index (χ1v) is 5.40. The summed E-state index contributed by atoms with van der Waals surface area (Å²) in [6.07, 6.45) is 1.46. The van der Waals surface area contributed by atoms with Gasteiger partial charge in [0.15, 0.2) is 10.9 Å². The molecule has 0 aliphatic heterocycles. The normalized spacial score (nSPS) is 9.69. The van der Waals surface area contributed by atoms with Crippen LogP contribution in [-0.2, 0) is 4.79 Å². The van der Waals surface area contributed by atoms with Gasteiger partial charge in [-0.1, -0.05) is 27.3 Å². The van der Waals surface area contributed by atoms with E-state index in [4.69, 9.17) is 0 Å². The highest BCUT2D eigenvalue weighted by molar-refractivity contribution is 9.09. The van der Waals surface area contributed by atoms with Crippen LogP contribution in [0.25, 0.3) is 0 Å². The Kier molecular flexibility index (Phi) is 3.56. The predicted octanol–water partition coefficient (Wildman–Crippen LogP) is 1.68. The minimum Gasteiger partial charge on any atom is -0.302 e. The van der Waals surface area contributed by atoms with Crippen LogP contribution in [-0.4, -0.2) is 22.0 Å². The smallest absolute Gasteiger partial charge is 0.223 e. The lowest BCUT2D eigenvalue weighted by Gasteiger charge is -1.92. The molecular weight excluding hydrogens is 256 g/mol. The molecule has 0 radical (unpaired) electrons. The van der Waals surface area contributed by atoms with Gasteiger partial charge in [0, 0.05) is 6.92 Å². The molecule has 0 unspecified atom stereocenters. The number of hydrogen-bond donors (Lipinski definition) is 1. The molecule has 1 N–H and O–H groups in total. The van der Waals surface area contributed by atoms with Gasteiger partial charge in [-0.05, 0) is 0 Å². The average molecular weight is 263 g/mol. The highest BCUT2D eigenvalue weighted by Crippen LogP contribution is 2.18. The SMILES string of the molecule is CC(=O)Nc1ncc(C(=O)CBr)s1. The second-order valence-electron chi connectivity index (χ2n) is 2.27. The van der Waals surface area contributed by atoms with E-state index in [0.717, 1.165) is 0 Å². The van der Waals surface area contributed by atoms with E-state index in [1.807, 2.05) is 0 Å². The van der Waals surface area contributed by atoms with Gasteiger partial charge in [-0.25, -0.2) is 4.98 Å². The number of aromatic nitrogens is 1. The third-order valence-electron chi connectivity index (χ3n) is 1.18. The van der Waals surface area contributed by atoms with Crippen molar-refractivity contribution in [2.75, 3.05) is 10.6 Å². The highest BCUT2D eigenvalue weighted by Gasteiger charge is 2.09. The van der Waals surface area contributed by atoms with Gasteiger partial charge in [0.2, 0.25) is 5.91 Å². The van der Waals surface area contributed by atoms with Crippen molar-refractivity contribution < 1.29 is 9.59 Å². The van der Waals surface area contributed by atoms with Gasteiger partial charge in [-0.3, -0.25) is 9.59 Å². The number of hydrogen-bond acceptors (Lipinski definition) is 4. The van der Waals surface area contributed by atoms with Gasteiger partial charge in [0.05, 0.1) is 16.4 Å². The summed E-state index contributed by atoms with van der Waals surface area (Å²) >= 11 is 4.22. The van der Waals surface area contributed by atoms with Crippen molar-refractivity contribution in [2.45, 2.75) is 6.92 Å². The van der Waals surface area contributed by atoms with Gasteiger partial charge in [0.25, 0.3) is 0 Å². The van der Waals surface area contributed by atoms with E-state index in [0.29, 0.717) is 10.0 Å². The lowest BCUT2D eigenvalue weighted by molar-refractivity contribution is -0.114. The number of halogens is 1. The van der Waals surface area contributed by atoms with Crippen LogP contribution in [0.5, 0.6) is 0 Å². The minimum atomic E-state index is -0.188. The van der Waals surface area contributed by atoms with Crippen LogP contribution >= 0.6 is 27.3 Å². The van der Waals surface area contributed by atoms with Crippen LogP contribution in [0, 0.1) is 0 Å². The number of thiazole rings is 1. The third-order valence-corrected chi connectivity index (χ3v) is 2.65. The molecule has 1 rings (SSSR count). The molecule has 70 valence electrons. The molecule has 0 fully saturated rings. The van der Waals surface area contributed by atoms with Gasteiger partial charge in [0.1, 0.15) is 0 Å². The largest absolute Gasteiger partial charge is 0.302 e. The predicted molar refractivity (Wildman–Crippen MR) is 54.5 cm³/mol. The van der Waals surface area contributed by atoms with E-state index in [1.165, 1.54) is 24.5 Å². The lowest BCUT2D eigenvalue weighted by Crippen LogP contribution is -2.04. The molecule has 0 atom stereocenters. The molecule has 4 nitrogen and oxygen atoms in total. The minimum absolute atomic E-state index is 0.0332. The number of amides is 1. The highest BCUT2D eigenvalue weighted by atomic mass is 79.9. The number of ketones is 1. The summed E-state index contributed by atoms with van der Waals surface area (Å²) in [5.41, 5.74) is 0. The molecule has 6 heteroatoms. The van der Waals surface area contributed by atoms with Crippen molar-refractivity contribution in [1.82, 2.24) is 4.98 Å². The summed E-state index contributed by atoms with van der Waals surface area (Å²) in [6.45, 7) is 1.40. The molecular formula is C7H7BrN2O2S. The Bertz CT molecular complexity index is 337. The maximum atomic E-state index is 11.1. The Morgan fingerprint density at radius 3 is 2.92 bits per heavy atom. The average Bonchev–Trinajstić information content (AvgIpc) is 2.50. The second kappa shape index (κ2) is 4.48. The molecule has 0 saturated heterocycles. The summed E-state index contributed by atoms with van der Waals surface area (Å²) in [7, 11) is 0. The van der Waals surface area contributed by atoms with Crippen molar-refractivity contribution in [3.05, 3.63) is 11.1 Å². The second-order valence-corrected chi connectivity index (χ2v) is 3.86. The number of nitrogens with one attached hydrogen (secondary N) is 1. The Labute approximate surface area is 87.5 Å². The molecule has 1 aromatic rings. The Morgan fingerprint density at radius 1 is 1.69 bits per heavy atom. The van der Waals surface area contributed by atoms with E-state index in [9.17, 15) is 9.59 Å². The third kappa shape index (κ3) is 2.89. The van der Waals surface area contributed by atoms with Gasteiger partial charge in [-0.15, -0.1) is 0 Å². The van der Waals surface area contributed by atoms with E-state index in [-0.39, 0.29) is 17.0 Å². The van der Waals surface area contributed by atoms with E-state index < -0.39 is 0 Å². The summed E-state index contributed by atoms with van der Waals surface area (Å²) in [6, 6.07) is 0. The zero-order valence-electron chi connectivity index (χ0n) is 6.83. The Balaban J connectivity index is 2.74. The number of rotatable bonds is 3. The summed E-state index contributed by atoms with van der Waals surface area (Å²) in [4.78, 5) is 26.2. The number of carbonyl (C=O) groups excluding carboxylic acids is 2. The van der Waals surface area contributed by atoms with Crippen LogP contribution in [0.1, 0.15) is 16.6 Å². The zero-order chi connectivity index (χ0) is 9.84. The molecule has 0 saturated carbocycles. The van der Waals surface area contributed by atoms with Crippen LogP contribution in [0.4, 0.5) is 5.13 Å². The standard InChI is InChI=1S/C7H7BrN2O2S/c1-4(11)10-7-9-3-6(13-7)5(12)2-8/h3H,2H2,1H3,(H,9,10,11). The zero-order valence-corrected chi connectivity index (χ0v) is 9.24. The fourth-order valence-corrected chi connectivity index (χ4v) is 1.96. The topological polar surface area (TPSA) is 59.1 Å². The van der Waals surface area contributed by atoms with Crippen LogP contribution in [0.3, 0.4) is 0 Å². The Hall–Kier alpha value is -0.750. The van der Waals surface area contributed by atoms with Crippen molar-refractivity contribution >= 4 is 44.1 Å². The maximum absolute atomic E-state index is 11.1. The van der Waals surface area contributed by atoms with Gasteiger partial charge in [-0.2, -0.15) is 0 Å². The van der Waals surface area contributed by atoms with Gasteiger partial charge < -0.3 is 5.32 Å². The molecule has 0 bridgehead atoms. The first-order chi connectivity index (χ1) is 6.13. The van der Waals surface area contributed by atoms with Crippen LogP contribution in [0.15, 0.2) is 6.20 Å². The van der Waals surface area contributed by atoms with Crippen LogP contribution < -0.4 is 5.32 Å². The first kappa shape index (κ1) is 10.3. The Morgan fingerprint density at radius 2 is 2.38 bits per heavy atom. The van der Waals surface area contributed by atoms with Gasteiger partial charge >= 0.3 is 0 Å². The summed E-state index contributed by atoms with van der Waals surface area (Å²) in [5, 5.41) is 3.23. The van der Waals surface area contributed by atoms with Crippen LogP contribution in [0.2, 0.25) is 0 Å². The molecule has 1 amide bonds. The van der Waals surface area contributed by atoms with E-state index in [1.54, 1.807) is 0 Å². The fourth-order valence-electron chi connectivity index (χ4n) is 0.677. The summed E-state index contributed by atoms with van der Waals surface area (Å²) < 4.78 is 0. The van der Waals surface area contributed by atoms with Crippen molar-refractivity contribution in [1.29, 1.82) is 0 Å². The number of Topliss-reactive ketones (excluding diaryl/α,β-unsaturated/α-hetero) is 1. The number of alkyl halides is 1. The fraction of sp³-hybridized carbons (Fsp3) is 0.286. The summed E-state index contributed by atoms with van der Waals surface area (Å²) in [5.74, 6) is -0.221. The first-order valence-electron chi connectivity index (χ1n) is 3.46. The number of nitrogens with zero attached hydrogens (tertiary/aromatic N) is 1. The van der Waals surface area contributed by atoms with E-state index >= 15 is 0 Å². The van der Waals surface area contributed by atoms with E-state index in [2.05, 4.69) is 26.2 Å². The van der Waals surface area contributed by atoms with Crippen molar-refractivity contribution in [3.63, 3.8) is 0 Å². The molecule has 0 aromatic carbocycles. The number of anilines is 1.